The average molecular weight is 235 g/mol. The Balaban J connectivity index is 1.99. The number of aryl methyl sites for hydroxylation is 2. The van der Waals surface area contributed by atoms with E-state index in [-0.39, 0.29) is 0 Å². The van der Waals surface area contributed by atoms with Crippen LogP contribution in [0.15, 0.2) is 22.9 Å². The smallest absolute Gasteiger partial charge is 0.157 e. The molecule has 2 N–H and O–H groups in total. The second-order valence-electron chi connectivity index (χ2n) is 3.82. The number of hydrogen-bond acceptors (Lipinski definition) is 4. The van der Waals surface area contributed by atoms with Crippen LogP contribution in [0.1, 0.15) is 24.0 Å². The van der Waals surface area contributed by atoms with E-state index in [0.717, 1.165) is 29.4 Å². The summed E-state index contributed by atoms with van der Waals surface area (Å²) < 4.78 is 12.9. The van der Waals surface area contributed by atoms with Crippen LogP contribution in [0.4, 0.5) is 0 Å². The summed E-state index contributed by atoms with van der Waals surface area (Å²) in [6, 6.07) is 1.93. The molecule has 0 fully saturated rings. The molecule has 0 aromatic carbocycles. The summed E-state index contributed by atoms with van der Waals surface area (Å²) >= 11 is 0. The summed E-state index contributed by atoms with van der Waals surface area (Å²) in [7, 11) is 0. The minimum atomic E-state index is 0.411. The third kappa shape index (κ3) is 2.68. The molecular weight excluding hydrogens is 218 g/mol. The van der Waals surface area contributed by atoms with E-state index in [1.807, 2.05) is 30.8 Å². The molecule has 0 spiro atoms. The van der Waals surface area contributed by atoms with Crippen molar-refractivity contribution >= 4 is 0 Å². The van der Waals surface area contributed by atoms with Crippen LogP contribution in [-0.2, 0) is 19.7 Å². The first-order valence-electron chi connectivity index (χ1n) is 5.66. The summed E-state index contributed by atoms with van der Waals surface area (Å²) in [4.78, 5) is 0. The number of rotatable bonds is 5. The van der Waals surface area contributed by atoms with Gasteiger partial charge in [0.25, 0.3) is 0 Å². The van der Waals surface area contributed by atoms with Gasteiger partial charge in [0.1, 0.15) is 18.1 Å². The molecule has 0 aliphatic heterocycles. The first kappa shape index (κ1) is 11.7. The molecule has 17 heavy (non-hydrogen) atoms. The zero-order valence-electron chi connectivity index (χ0n) is 10.1. The van der Waals surface area contributed by atoms with E-state index in [0.29, 0.717) is 13.2 Å². The molecule has 0 atom stereocenters. The molecule has 2 aromatic heterocycles. The van der Waals surface area contributed by atoms with Gasteiger partial charge < -0.3 is 14.9 Å². The van der Waals surface area contributed by atoms with Gasteiger partial charge in [0.05, 0.1) is 18.9 Å². The lowest BCUT2D eigenvalue weighted by Crippen LogP contribution is -1.96. The van der Waals surface area contributed by atoms with Gasteiger partial charge in [0, 0.05) is 12.1 Å². The Kier molecular flexibility index (Phi) is 3.49. The van der Waals surface area contributed by atoms with Crippen LogP contribution < -0.4 is 10.5 Å². The van der Waals surface area contributed by atoms with Crippen LogP contribution in [0.25, 0.3) is 0 Å². The Morgan fingerprint density at radius 2 is 2.35 bits per heavy atom. The summed E-state index contributed by atoms with van der Waals surface area (Å²) in [5.41, 5.74) is 6.54. The minimum Gasteiger partial charge on any atom is -0.485 e. The highest BCUT2D eigenvalue weighted by molar-refractivity contribution is 5.21. The predicted octanol–water partition coefficient (Wildman–Crippen LogP) is 1.84. The predicted molar refractivity (Wildman–Crippen MR) is 63.6 cm³/mol. The van der Waals surface area contributed by atoms with Gasteiger partial charge in [-0.05, 0) is 19.9 Å². The van der Waals surface area contributed by atoms with Gasteiger partial charge in [-0.2, -0.15) is 5.10 Å². The van der Waals surface area contributed by atoms with Crippen molar-refractivity contribution in [1.82, 2.24) is 9.78 Å². The average Bonchev–Trinajstić information content (AvgIpc) is 2.93. The molecule has 2 heterocycles. The van der Waals surface area contributed by atoms with Gasteiger partial charge in [0.2, 0.25) is 0 Å². The van der Waals surface area contributed by atoms with Gasteiger partial charge in [0.15, 0.2) is 5.75 Å². The summed E-state index contributed by atoms with van der Waals surface area (Å²) in [5.74, 6) is 2.40. The lowest BCUT2D eigenvalue weighted by Gasteiger charge is -2.01. The molecule has 5 heteroatoms. The Labute approximate surface area is 100 Å². The molecule has 92 valence electrons. The van der Waals surface area contributed by atoms with Crippen molar-refractivity contribution in [3.63, 3.8) is 0 Å². The van der Waals surface area contributed by atoms with Crippen molar-refractivity contribution in [3.8, 4) is 5.75 Å². The van der Waals surface area contributed by atoms with Crippen molar-refractivity contribution in [2.24, 2.45) is 5.73 Å². The fourth-order valence-corrected chi connectivity index (χ4v) is 1.58. The molecule has 0 aliphatic carbocycles. The maximum Gasteiger partial charge on any atom is 0.157 e. The second kappa shape index (κ2) is 5.05. The summed E-state index contributed by atoms with van der Waals surface area (Å²) in [5, 5.41) is 4.14. The van der Waals surface area contributed by atoms with Crippen LogP contribution in [0.5, 0.6) is 5.75 Å². The first-order chi connectivity index (χ1) is 8.22. The standard InChI is InChI=1S/C12H17N3O2/c1-3-15-7-12(6-14-15)16-8-10-4-11(5-13)17-9(10)2/h4,6-7H,3,5,8,13H2,1-2H3. The van der Waals surface area contributed by atoms with E-state index < -0.39 is 0 Å². The monoisotopic (exact) mass is 235 g/mol. The number of hydrogen-bond donors (Lipinski definition) is 1. The van der Waals surface area contributed by atoms with E-state index in [1.54, 1.807) is 6.20 Å². The third-order valence-electron chi connectivity index (χ3n) is 2.60. The van der Waals surface area contributed by atoms with Crippen molar-refractivity contribution in [3.05, 3.63) is 35.5 Å². The van der Waals surface area contributed by atoms with Crippen LogP contribution in [-0.4, -0.2) is 9.78 Å². The molecule has 0 saturated carbocycles. The lowest BCUT2D eigenvalue weighted by atomic mass is 10.2. The molecule has 5 nitrogen and oxygen atoms in total. The highest BCUT2D eigenvalue weighted by Gasteiger charge is 2.07. The molecule has 0 aliphatic rings. The van der Waals surface area contributed by atoms with E-state index >= 15 is 0 Å². The largest absolute Gasteiger partial charge is 0.485 e. The molecule has 0 saturated heterocycles. The molecule has 0 radical (unpaired) electrons. The van der Waals surface area contributed by atoms with Gasteiger partial charge >= 0.3 is 0 Å². The van der Waals surface area contributed by atoms with E-state index in [9.17, 15) is 0 Å². The highest BCUT2D eigenvalue weighted by atomic mass is 16.5. The van der Waals surface area contributed by atoms with Crippen molar-refractivity contribution < 1.29 is 9.15 Å². The van der Waals surface area contributed by atoms with Crippen molar-refractivity contribution in [2.45, 2.75) is 33.5 Å². The molecule has 2 aromatic rings. The van der Waals surface area contributed by atoms with Crippen LogP contribution in [0.3, 0.4) is 0 Å². The molecule has 2 rings (SSSR count). The minimum absolute atomic E-state index is 0.411. The fraction of sp³-hybridized carbons (Fsp3) is 0.417. The van der Waals surface area contributed by atoms with Gasteiger partial charge in [-0.25, -0.2) is 0 Å². The Morgan fingerprint density at radius 3 is 2.94 bits per heavy atom. The second-order valence-corrected chi connectivity index (χ2v) is 3.82. The van der Waals surface area contributed by atoms with Gasteiger partial charge in [-0.3, -0.25) is 4.68 Å². The maximum absolute atomic E-state index is 5.63. The van der Waals surface area contributed by atoms with Crippen LogP contribution >= 0.6 is 0 Å². The molecule has 0 unspecified atom stereocenters. The third-order valence-corrected chi connectivity index (χ3v) is 2.60. The maximum atomic E-state index is 5.63. The first-order valence-corrected chi connectivity index (χ1v) is 5.66. The topological polar surface area (TPSA) is 66.2 Å². The number of furan rings is 1. The number of aromatic nitrogens is 2. The number of nitrogens with zero attached hydrogens (tertiary/aromatic N) is 2. The van der Waals surface area contributed by atoms with Crippen LogP contribution in [0.2, 0.25) is 0 Å². The Hall–Kier alpha value is -1.75. The SMILES string of the molecule is CCn1cc(OCc2cc(CN)oc2C)cn1. The Morgan fingerprint density at radius 1 is 1.53 bits per heavy atom. The lowest BCUT2D eigenvalue weighted by molar-refractivity contribution is 0.302. The molecular formula is C12H17N3O2. The molecule has 0 amide bonds. The van der Waals surface area contributed by atoms with Crippen molar-refractivity contribution in [2.75, 3.05) is 0 Å². The van der Waals surface area contributed by atoms with Gasteiger partial charge in [-0.1, -0.05) is 0 Å². The van der Waals surface area contributed by atoms with Crippen LogP contribution in [0, 0.1) is 6.92 Å². The number of ether oxygens (including phenoxy) is 1. The van der Waals surface area contributed by atoms with E-state index in [2.05, 4.69) is 5.10 Å². The molecule has 0 bridgehead atoms. The zero-order valence-corrected chi connectivity index (χ0v) is 10.1. The Bertz CT molecular complexity index is 488. The van der Waals surface area contributed by atoms with E-state index in [1.165, 1.54) is 0 Å². The highest BCUT2D eigenvalue weighted by Crippen LogP contribution is 2.17. The zero-order chi connectivity index (χ0) is 12.3. The summed E-state index contributed by atoms with van der Waals surface area (Å²) in [6.45, 7) is 5.67. The van der Waals surface area contributed by atoms with Crippen molar-refractivity contribution in [1.29, 1.82) is 0 Å². The van der Waals surface area contributed by atoms with Gasteiger partial charge in [-0.15, -0.1) is 0 Å². The number of nitrogens with two attached hydrogens (primary N) is 1. The fourth-order valence-electron chi connectivity index (χ4n) is 1.58. The van der Waals surface area contributed by atoms with E-state index in [4.69, 9.17) is 14.9 Å². The summed E-state index contributed by atoms with van der Waals surface area (Å²) in [6.07, 6.45) is 3.59. The quantitative estimate of drug-likeness (QED) is 0.858. The normalized spacial score (nSPS) is 10.8.